The Hall–Kier alpha value is 0.150. The van der Waals surface area contributed by atoms with Crippen LogP contribution in [0, 0.1) is 5.41 Å². The van der Waals surface area contributed by atoms with Gasteiger partial charge in [0.05, 0.1) is 11.8 Å². The molecule has 0 spiro atoms. The lowest BCUT2D eigenvalue weighted by molar-refractivity contribution is 0.163. The van der Waals surface area contributed by atoms with E-state index in [2.05, 4.69) is 46.2 Å². The summed E-state index contributed by atoms with van der Waals surface area (Å²) in [4.78, 5) is 0. The van der Waals surface area contributed by atoms with E-state index in [1.807, 2.05) is 0 Å². The van der Waals surface area contributed by atoms with Crippen LogP contribution in [0.1, 0.15) is 54.4 Å². The lowest BCUT2D eigenvalue weighted by Crippen LogP contribution is -2.41. The zero-order valence-corrected chi connectivity index (χ0v) is 13.1. The molecule has 102 valence electrons. The van der Waals surface area contributed by atoms with Gasteiger partial charge in [0.25, 0.3) is 7.52 Å². The van der Waals surface area contributed by atoms with Gasteiger partial charge in [-0.2, -0.15) is 0 Å². The van der Waals surface area contributed by atoms with Crippen molar-refractivity contribution in [1.82, 2.24) is 4.67 Å². The van der Waals surface area contributed by atoms with Crippen molar-refractivity contribution in [3.05, 3.63) is 0 Å². The van der Waals surface area contributed by atoms with Gasteiger partial charge in [-0.05, 0) is 32.1 Å². The summed E-state index contributed by atoms with van der Waals surface area (Å²) in [6.45, 7) is 15.2. The van der Waals surface area contributed by atoms with E-state index in [4.69, 9.17) is 4.52 Å². The van der Waals surface area contributed by atoms with Crippen LogP contribution in [0.15, 0.2) is 0 Å². The van der Waals surface area contributed by atoms with E-state index >= 15 is 0 Å². The molecule has 0 bridgehead atoms. The fourth-order valence-electron chi connectivity index (χ4n) is 2.13. The van der Waals surface area contributed by atoms with E-state index in [9.17, 15) is 4.57 Å². The lowest BCUT2D eigenvalue weighted by Gasteiger charge is -2.45. The van der Waals surface area contributed by atoms with Gasteiger partial charge in [-0.3, -0.25) is 4.57 Å². The molecule has 1 atom stereocenters. The zero-order chi connectivity index (χ0) is 13.3. The number of hydrogen-bond donors (Lipinski definition) is 0. The molecule has 1 saturated heterocycles. The molecule has 0 aromatic rings. The first-order valence-electron chi connectivity index (χ1n) is 6.62. The summed E-state index contributed by atoms with van der Waals surface area (Å²) in [5.74, 6) is 0. The maximum Gasteiger partial charge on any atom is 0.277 e. The number of rotatable bonds is 3. The van der Waals surface area contributed by atoms with Gasteiger partial charge in [0.1, 0.15) is 0 Å². The molecule has 3 nitrogen and oxygen atoms in total. The third-order valence-electron chi connectivity index (χ3n) is 3.49. The van der Waals surface area contributed by atoms with Crippen LogP contribution in [0.2, 0.25) is 0 Å². The lowest BCUT2D eigenvalue weighted by atomic mass is 9.97. The summed E-state index contributed by atoms with van der Waals surface area (Å²) >= 11 is 0. The molecule has 1 unspecified atom stereocenters. The van der Waals surface area contributed by atoms with Gasteiger partial charge in [0.15, 0.2) is 0 Å². The Morgan fingerprint density at radius 2 is 1.82 bits per heavy atom. The fraction of sp³-hybridized carbons (Fsp3) is 1.00. The first kappa shape index (κ1) is 15.2. The second kappa shape index (κ2) is 5.03. The summed E-state index contributed by atoms with van der Waals surface area (Å²) < 4.78 is 21.1. The normalized spacial score (nSPS) is 28.4. The van der Waals surface area contributed by atoms with Crippen molar-refractivity contribution < 1.29 is 9.09 Å². The van der Waals surface area contributed by atoms with Gasteiger partial charge >= 0.3 is 0 Å². The van der Waals surface area contributed by atoms with Crippen molar-refractivity contribution in [3.8, 4) is 0 Å². The molecule has 0 aromatic heterocycles. The molecule has 17 heavy (non-hydrogen) atoms. The molecule has 0 saturated carbocycles. The zero-order valence-electron chi connectivity index (χ0n) is 12.2. The average molecular weight is 261 g/mol. The molecule has 0 aromatic carbocycles. The van der Waals surface area contributed by atoms with Crippen LogP contribution in [0.5, 0.6) is 0 Å². The Morgan fingerprint density at radius 1 is 1.24 bits per heavy atom. The predicted octanol–water partition coefficient (Wildman–Crippen LogP) is 4.14. The molecule has 1 rings (SSSR count). The quantitative estimate of drug-likeness (QED) is 0.715. The molecule has 0 radical (unpaired) electrons. The molecule has 1 aliphatic rings. The first-order chi connectivity index (χ1) is 7.62. The van der Waals surface area contributed by atoms with Crippen molar-refractivity contribution in [2.75, 3.05) is 19.7 Å². The van der Waals surface area contributed by atoms with Crippen molar-refractivity contribution in [3.63, 3.8) is 0 Å². The van der Waals surface area contributed by atoms with Crippen molar-refractivity contribution in [2.24, 2.45) is 5.41 Å². The van der Waals surface area contributed by atoms with Crippen LogP contribution in [-0.2, 0) is 9.09 Å². The van der Waals surface area contributed by atoms with Crippen molar-refractivity contribution in [1.29, 1.82) is 0 Å². The molecule has 1 fully saturated rings. The third kappa shape index (κ3) is 3.33. The highest BCUT2D eigenvalue weighted by molar-refractivity contribution is 7.58. The standard InChI is InChI=1S/C13H28NO2P/c1-7-13(5,6)17(15)14(9-8-10-16-17)11-12(2,3)4/h7-11H2,1-6H3. The molecule has 1 heterocycles. The largest absolute Gasteiger partial charge is 0.317 e. The van der Waals surface area contributed by atoms with Gasteiger partial charge in [-0.1, -0.05) is 27.7 Å². The predicted molar refractivity (Wildman–Crippen MR) is 73.6 cm³/mol. The van der Waals surface area contributed by atoms with Gasteiger partial charge in [-0.25, -0.2) is 4.67 Å². The van der Waals surface area contributed by atoms with Crippen molar-refractivity contribution in [2.45, 2.75) is 59.5 Å². The third-order valence-corrected chi connectivity index (χ3v) is 6.95. The van der Waals surface area contributed by atoms with Crippen molar-refractivity contribution >= 4 is 7.52 Å². The highest BCUT2D eigenvalue weighted by Crippen LogP contribution is 2.64. The van der Waals surface area contributed by atoms with E-state index in [0.29, 0.717) is 6.61 Å². The minimum atomic E-state index is -2.69. The van der Waals surface area contributed by atoms with E-state index in [1.165, 1.54) is 0 Å². The second-order valence-corrected chi connectivity index (χ2v) is 9.90. The van der Waals surface area contributed by atoms with E-state index in [-0.39, 0.29) is 10.6 Å². The van der Waals surface area contributed by atoms with Crippen LogP contribution < -0.4 is 0 Å². The number of nitrogens with zero attached hydrogens (tertiary/aromatic N) is 1. The minimum Gasteiger partial charge on any atom is -0.317 e. The van der Waals surface area contributed by atoms with Crippen LogP contribution in [0.25, 0.3) is 0 Å². The number of hydrogen-bond acceptors (Lipinski definition) is 2. The molecule has 4 heteroatoms. The van der Waals surface area contributed by atoms with Crippen LogP contribution in [0.4, 0.5) is 0 Å². The van der Waals surface area contributed by atoms with Gasteiger partial charge in [-0.15, -0.1) is 0 Å². The highest BCUT2D eigenvalue weighted by atomic mass is 31.2. The Morgan fingerprint density at radius 3 is 2.29 bits per heavy atom. The van der Waals surface area contributed by atoms with Gasteiger partial charge in [0.2, 0.25) is 0 Å². The molecule has 0 amide bonds. The second-order valence-electron chi connectivity index (χ2n) is 6.82. The van der Waals surface area contributed by atoms with E-state index in [1.54, 1.807) is 0 Å². The smallest absolute Gasteiger partial charge is 0.277 e. The summed E-state index contributed by atoms with van der Waals surface area (Å²) in [7, 11) is -2.69. The first-order valence-corrected chi connectivity index (χ1v) is 8.20. The molecule has 1 aliphatic heterocycles. The Kier molecular flexibility index (Phi) is 4.50. The van der Waals surface area contributed by atoms with Crippen LogP contribution >= 0.6 is 7.52 Å². The maximum atomic E-state index is 13.2. The molecule has 0 N–H and O–H groups in total. The van der Waals surface area contributed by atoms with Crippen LogP contribution in [-0.4, -0.2) is 29.5 Å². The Labute approximate surface area is 106 Å². The SMILES string of the molecule is CCC(C)(C)P1(=O)OCCCN1CC(C)(C)C. The summed E-state index contributed by atoms with van der Waals surface area (Å²) in [5, 5.41) is -0.251. The monoisotopic (exact) mass is 261 g/mol. The van der Waals surface area contributed by atoms with E-state index < -0.39 is 7.52 Å². The molecular weight excluding hydrogens is 233 g/mol. The summed E-state index contributed by atoms with van der Waals surface area (Å²) in [6.07, 6.45) is 1.87. The molecule has 0 aliphatic carbocycles. The van der Waals surface area contributed by atoms with Gasteiger partial charge in [0, 0.05) is 13.1 Å². The van der Waals surface area contributed by atoms with E-state index in [0.717, 1.165) is 25.9 Å². The Bertz CT molecular complexity index is 307. The molecular formula is C13H28NO2P. The summed E-state index contributed by atoms with van der Waals surface area (Å²) in [5.41, 5.74) is 0.153. The highest BCUT2D eigenvalue weighted by Gasteiger charge is 2.47. The summed E-state index contributed by atoms with van der Waals surface area (Å²) in [6, 6.07) is 0. The average Bonchev–Trinajstić information content (AvgIpc) is 2.19. The maximum absolute atomic E-state index is 13.2. The van der Waals surface area contributed by atoms with Gasteiger partial charge < -0.3 is 4.52 Å². The Balaban J connectivity index is 2.97. The topological polar surface area (TPSA) is 29.5 Å². The minimum absolute atomic E-state index is 0.153. The van der Waals surface area contributed by atoms with Crippen LogP contribution in [0.3, 0.4) is 0 Å². The fourth-order valence-corrected chi connectivity index (χ4v) is 5.20.